The van der Waals surface area contributed by atoms with Crippen molar-refractivity contribution in [2.45, 2.75) is 58.5 Å². The zero-order valence-electron chi connectivity index (χ0n) is 16.2. The molecule has 0 aromatic carbocycles. The van der Waals surface area contributed by atoms with Crippen LogP contribution in [0.4, 0.5) is 0 Å². The second-order valence-electron chi connectivity index (χ2n) is 7.48. The molecule has 2 aliphatic heterocycles. The lowest BCUT2D eigenvalue weighted by molar-refractivity contribution is -0.138. The van der Waals surface area contributed by atoms with Gasteiger partial charge in [-0.05, 0) is 39.5 Å². The van der Waals surface area contributed by atoms with Crippen LogP contribution < -0.4 is 5.32 Å². The normalized spacial score (nSPS) is 21.0. The summed E-state index contributed by atoms with van der Waals surface area (Å²) in [6.45, 7) is 7.87. The molecule has 0 bridgehead atoms. The predicted octanol–water partition coefficient (Wildman–Crippen LogP) is 1.17. The molecule has 0 spiro atoms. The van der Waals surface area contributed by atoms with E-state index >= 15 is 0 Å². The summed E-state index contributed by atoms with van der Waals surface area (Å²) in [5.41, 5.74) is 0. The van der Waals surface area contributed by atoms with E-state index in [2.05, 4.69) is 5.32 Å². The van der Waals surface area contributed by atoms with Crippen molar-refractivity contribution in [2.75, 3.05) is 39.3 Å². The van der Waals surface area contributed by atoms with Gasteiger partial charge in [0.15, 0.2) is 0 Å². The van der Waals surface area contributed by atoms with Crippen molar-refractivity contribution < 1.29 is 19.1 Å². The zero-order chi connectivity index (χ0) is 18.9. The first-order valence-electron chi connectivity index (χ1n) is 9.92. The third kappa shape index (κ3) is 6.59. The lowest BCUT2D eigenvalue weighted by Crippen LogP contribution is -2.46. The zero-order valence-corrected chi connectivity index (χ0v) is 16.2. The summed E-state index contributed by atoms with van der Waals surface area (Å²) in [7, 11) is 0. The van der Waals surface area contributed by atoms with E-state index < -0.39 is 0 Å². The Balaban J connectivity index is 1.66. The third-order valence-electron chi connectivity index (χ3n) is 4.97. The van der Waals surface area contributed by atoms with E-state index in [9.17, 15) is 14.4 Å². The van der Waals surface area contributed by atoms with Gasteiger partial charge in [-0.1, -0.05) is 0 Å². The van der Waals surface area contributed by atoms with Gasteiger partial charge in [-0.15, -0.1) is 0 Å². The fraction of sp³-hybridized carbons (Fsp3) is 0.842. The third-order valence-corrected chi connectivity index (χ3v) is 4.97. The Labute approximate surface area is 156 Å². The number of likely N-dealkylation sites (tertiary alicyclic amines) is 2. The van der Waals surface area contributed by atoms with Crippen LogP contribution in [0.3, 0.4) is 0 Å². The number of hydrogen-bond donors (Lipinski definition) is 1. The van der Waals surface area contributed by atoms with Crippen molar-refractivity contribution in [3.05, 3.63) is 0 Å². The molecule has 3 amide bonds. The molecule has 1 N–H and O–H groups in total. The Hall–Kier alpha value is -1.63. The van der Waals surface area contributed by atoms with Crippen LogP contribution in [-0.2, 0) is 19.1 Å². The molecule has 0 aromatic heterocycles. The number of hydrogen-bond acceptors (Lipinski definition) is 4. The highest BCUT2D eigenvalue weighted by Gasteiger charge is 2.30. The quantitative estimate of drug-likeness (QED) is 0.588. The van der Waals surface area contributed by atoms with Crippen molar-refractivity contribution in [3.63, 3.8) is 0 Å². The van der Waals surface area contributed by atoms with E-state index in [1.165, 1.54) is 0 Å². The Morgan fingerprint density at radius 3 is 2.58 bits per heavy atom. The number of ether oxygens (including phenoxy) is 1. The van der Waals surface area contributed by atoms with Gasteiger partial charge >= 0.3 is 0 Å². The molecule has 0 radical (unpaired) electrons. The Morgan fingerprint density at radius 2 is 1.88 bits per heavy atom. The van der Waals surface area contributed by atoms with Crippen LogP contribution in [0.25, 0.3) is 0 Å². The summed E-state index contributed by atoms with van der Waals surface area (Å²) in [5, 5.41) is 2.96. The fourth-order valence-corrected chi connectivity index (χ4v) is 3.48. The number of piperidine rings is 1. The molecule has 26 heavy (non-hydrogen) atoms. The molecular formula is C19H33N3O4. The topological polar surface area (TPSA) is 79.0 Å². The van der Waals surface area contributed by atoms with E-state index in [1.807, 2.05) is 18.7 Å². The van der Waals surface area contributed by atoms with Crippen LogP contribution in [0.1, 0.15) is 52.4 Å². The summed E-state index contributed by atoms with van der Waals surface area (Å²) < 4.78 is 5.46. The minimum Gasteiger partial charge on any atom is -0.379 e. The predicted molar refractivity (Wildman–Crippen MR) is 98.4 cm³/mol. The molecule has 7 heteroatoms. The summed E-state index contributed by atoms with van der Waals surface area (Å²) >= 11 is 0. The summed E-state index contributed by atoms with van der Waals surface area (Å²) in [6.07, 6.45) is 4.41. The van der Waals surface area contributed by atoms with Gasteiger partial charge in [-0.25, -0.2) is 0 Å². The Kier molecular flexibility index (Phi) is 8.35. The van der Waals surface area contributed by atoms with Crippen LogP contribution >= 0.6 is 0 Å². The average Bonchev–Trinajstić information content (AvgIpc) is 3.01. The van der Waals surface area contributed by atoms with Gasteiger partial charge in [-0.2, -0.15) is 0 Å². The van der Waals surface area contributed by atoms with E-state index in [4.69, 9.17) is 4.74 Å². The average molecular weight is 367 g/mol. The van der Waals surface area contributed by atoms with E-state index in [0.29, 0.717) is 52.0 Å². The summed E-state index contributed by atoms with van der Waals surface area (Å²) in [6, 6.07) is 0. The maximum absolute atomic E-state index is 12.3. The molecule has 2 heterocycles. The highest BCUT2D eigenvalue weighted by Crippen LogP contribution is 2.18. The molecule has 7 nitrogen and oxygen atoms in total. The van der Waals surface area contributed by atoms with Crippen LogP contribution in [0.2, 0.25) is 0 Å². The molecule has 0 aromatic rings. The van der Waals surface area contributed by atoms with Crippen molar-refractivity contribution in [2.24, 2.45) is 5.92 Å². The van der Waals surface area contributed by atoms with Crippen molar-refractivity contribution >= 4 is 17.7 Å². The summed E-state index contributed by atoms with van der Waals surface area (Å²) in [4.78, 5) is 39.7. The highest BCUT2D eigenvalue weighted by atomic mass is 16.5. The SMILES string of the molecule is CC(C)OCCCNC(=O)[C@@H]1CCC(=O)N(CCCN2CCCC2=O)C1. The first-order valence-corrected chi connectivity index (χ1v) is 9.92. The number of nitrogens with zero attached hydrogens (tertiary/aromatic N) is 2. The number of carbonyl (C=O) groups excluding carboxylic acids is 3. The molecule has 1 atom stereocenters. The maximum atomic E-state index is 12.3. The summed E-state index contributed by atoms with van der Waals surface area (Å²) in [5.74, 6) is 0.231. The van der Waals surface area contributed by atoms with Crippen LogP contribution in [0, 0.1) is 5.92 Å². The molecule has 0 unspecified atom stereocenters. The number of rotatable bonds is 10. The monoisotopic (exact) mass is 367 g/mol. The van der Waals surface area contributed by atoms with Crippen molar-refractivity contribution in [1.29, 1.82) is 0 Å². The molecule has 2 fully saturated rings. The molecule has 2 aliphatic rings. The van der Waals surface area contributed by atoms with E-state index in [1.54, 1.807) is 4.90 Å². The van der Waals surface area contributed by atoms with Gasteiger partial charge in [0, 0.05) is 52.2 Å². The fourth-order valence-electron chi connectivity index (χ4n) is 3.48. The highest BCUT2D eigenvalue weighted by molar-refractivity contribution is 5.83. The van der Waals surface area contributed by atoms with Gasteiger partial charge < -0.3 is 19.9 Å². The Bertz CT molecular complexity index is 495. The molecule has 2 rings (SSSR count). The van der Waals surface area contributed by atoms with Crippen molar-refractivity contribution in [1.82, 2.24) is 15.1 Å². The first kappa shape index (κ1) is 20.7. The molecule has 0 saturated carbocycles. The largest absolute Gasteiger partial charge is 0.379 e. The molecule has 2 saturated heterocycles. The van der Waals surface area contributed by atoms with E-state index in [-0.39, 0.29) is 29.7 Å². The number of amides is 3. The molecule has 148 valence electrons. The molecular weight excluding hydrogens is 334 g/mol. The van der Waals surface area contributed by atoms with Gasteiger partial charge in [0.25, 0.3) is 0 Å². The van der Waals surface area contributed by atoms with Gasteiger partial charge in [0.2, 0.25) is 17.7 Å². The van der Waals surface area contributed by atoms with Crippen LogP contribution in [0.15, 0.2) is 0 Å². The minimum atomic E-state index is -0.132. The first-order chi connectivity index (χ1) is 12.5. The Morgan fingerprint density at radius 1 is 1.15 bits per heavy atom. The van der Waals surface area contributed by atoms with Crippen molar-refractivity contribution in [3.8, 4) is 0 Å². The standard InChI is InChI=1S/C19H33N3O4/c1-15(2)26-13-4-9-20-19(25)16-7-8-18(24)22(14-16)12-5-11-21-10-3-6-17(21)23/h15-16H,3-14H2,1-2H3,(H,20,25)/t16-/m1/s1. The van der Waals surface area contributed by atoms with E-state index in [0.717, 1.165) is 25.8 Å². The second kappa shape index (κ2) is 10.5. The van der Waals surface area contributed by atoms with Crippen LogP contribution in [-0.4, -0.2) is 73.0 Å². The lowest BCUT2D eigenvalue weighted by atomic mass is 9.96. The second-order valence-corrected chi connectivity index (χ2v) is 7.48. The lowest BCUT2D eigenvalue weighted by Gasteiger charge is -2.32. The smallest absolute Gasteiger partial charge is 0.224 e. The van der Waals surface area contributed by atoms with Gasteiger partial charge in [0.1, 0.15) is 0 Å². The number of nitrogens with one attached hydrogen (secondary N) is 1. The van der Waals surface area contributed by atoms with Gasteiger partial charge in [-0.3, -0.25) is 14.4 Å². The van der Waals surface area contributed by atoms with Crippen LogP contribution in [0.5, 0.6) is 0 Å². The minimum absolute atomic E-state index is 0.0294. The molecule has 0 aliphatic carbocycles. The maximum Gasteiger partial charge on any atom is 0.224 e. The number of carbonyl (C=O) groups is 3. The van der Waals surface area contributed by atoms with Gasteiger partial charge in [0.05, 0.1) is 12.0 Å².